The highest BCUT2D eigenvalue weighted by molar-refractivity contribution is 6.33. The molecule has 0 aromatic carbocycles. The summed E-state index contributed by atoms with van der Waals surface area (Å²) in [6.45, 7) is 2.01. The zero-order valence-corrected chi connectivity index (χ0v) is 13.9. The molecule has 3 rings (SSSR count). The first-order valence-electron chi connectivity index (χ1n) is 7.83. The van der Waals surface area contributed by atoms with Gasteiger partial charge in [0.25, 0.3) is 0 Å². The molecule has 3 heterocycles. The first-order chi connectivity index (χ1) is 11.6. The summed E-state index contributed by atoms with van der Waals surface area (Å²) in [6.07, 6.45) is 2.88. The number of nitrogens with zero attached hydrogens (tertiary/aromatic N) is 2. The predicted molar refractivity (Wildman–Crippen MR) is 90.5 cm³/mol. The molecule has 0 atom stereocenters. The van der Waals surface area contributed by atoms with Crippen LogP contribution in [0.4, 0.5) is 10.2 Å². The zero-order valence-electron chi connectivity index (χ0n) is 13.1. The van der Waals surface area contributed by atoms with Crippen molar-refractivity contribution in [3.05, 3.63) is 41.4 Å². The largest absolute Gasteiger partial charge is 0.396 e. The van der Waals surface area contributed by atoms with Gasteiger partial charge in [-0.3, -0.25) is 0 Å². The molecule has 0 aliphatic carbocycles. The molecule has 1 fully saturated rings. The van der Waals surface area contributed by atoms with Gasteiger partial charge >= 0.3 is 0 Å². The lowest BCUT2D eigenvalue weighted by atomic mass is 9.81. The van der Waals surface area contributed by atoms with Crippen molar-refractivity contribution >= 4 is 17.4 Å². The summed E-state index contributed by atoms with van der Waals surface area (Å²) in [4.78, 5) is 8.02. The molecule has 0 spiro atoms. The van der Waals surface area contributed by atoms with E-state index in [-0.39, 0.29) is 12.0 Å². The molecule has 2 N–H and O–H groups in total. The van der Waals surface area contributed by atoms with Gasteiger partial charge in [-0.2, -0.15) is 4.39 Å². The van der Waals surface area contributed by atoms with Crippen LogP contribution in [0.1, 0.15) is 12.8 Å². The smallest absolute Gasteiger partial charge is 0.213 e. The third kappa shape index (κ3) is 3.83. The highest BCUT2D eigenvalue weighted by Gasteiger charge is 2.31. The van der Waals surface area contributed by atoms with E-state index in [2.05, 4.69) is 15.3 Å². The third-order valence-corrected chi connectivity index (χ3v) is 4.68. The average molecular weight is 352 g/mol. The molecule has 0 bridgehead atoms. The number of halogens is 2. The predicted octanol–water partition coefficient (Wildman–Crippen LogP) is 3.14. The van der Waals surface area contributed by atoms with E-state index in [1.54, 1.807) is 6.07 Å². The highest BCUT2D eigenvalue weighted by Crippen LogP contribution is 2.31. The van der Waals surface area contributed by atoms with Crippen LogP contribution in [-0.4, -0.2) is 41.4 Å². The van der Waals surface area contributed by atoms with E-state index in [0.717, 1.165) is 12.8 Å². The van der Waals surface area contributed by atoms with Crippen molar-refractivity contribution in [1.29, 1.82) is 0 Å². The molecule has 5 nitrogen and oxygen atoms in total. The fourth-order valence-electron chi connectivity index (χ4n) is 2.77. The summed E-state index contributed by atoms with van der Waals surface area (Å²) in [7, 11) is 0. The molecule has 2 aromatic heterocycles. The first-order valence-corrected chi connectivity index (χ1v) is 8.21. The van der Waals surface area contributed by atoms with Crippen LogP contribution in [0.2, 0.25) is 5.02 Å². The van der Waals surface area contributed by atoms with Gasteiger partial charge in [0.15, 0.2) is 0 Å². The maximum Gasteiger partial charge on any atom is 0.213 e. The van der Waals surface area contributed by atoms with Crippen LogP contribution in [0.15, 0.2) is 30.5 Å². The lowest BCUT2D eigenvalue weighted by Gasteiger charge is -2.35. The fraction of sp³-hybridized carbons (Fsp3) is 0.412. The van der Waals surface area contributed by atoms with Gasteiger partial charge < -0.3 is 15.2 Å². The number of aromatic nitrogens is 2. The van der Waals surface area contributed by atoms with Crippen molar-refractivity contribution in [2.24, 2.45) is 5.41 Å². The maximum atomic E-state index is 13.4. The standard InChI is InChI=1S/C17H19ClFN3O2/c18-13-9-20-15(19)8-12(13)14-2-1-3-16(22-14)21-10-17(11-23)4-6-24-7-5-17/h1-3,8-9,23H,4-7,10-11H2,(H,21,22). The van der Waals surface area contributed by atoms with Crippen LogP contribution in [0, 0.1) is 11.4 Å². The lowest BCUT2D eigenvalue weighted by Crippen LogP contribution is -2.39. The summed E-state index contributed by atoms with van der Waals surface area (Å²) in [5.74, 6) is 0.0519. The Kier molecular flexibility index (Phi) is 5.28. The van der Waals surface area contributed by atoms with Crippen LogP contribution >= 0.6 is 11.6 Å². The summed E-state index contributed by atoms with van der Waals surface area (Å²) in [5, 5.41) is 13.4. The molecule has 1 aliphatic rings. The molecule has 2 aromatic rings. The van der Waals surface area contributed by atoms with Crippen LogP contribution in [0.25, 0.3) is 11.3 Å². The van der Waals surface area contributed by atoms with Gasteiger partial charge in [-0.05, 0) is 25.0 Å². The Labute approximate surface area is 144 Å². The van der Waals surface area contributed by atoms with Crippen LogP contribution in [-0.2, 0) is 4.74 Å². The van der Waals surface area contributed by atoms with E-state index >= 15 is 0 Å². The Bertz CT molecular complexity index is 708. The van der Waals surface area contributed by atoms with Crippen molar-refractivity contribution < 1.29 is 14.2 Å². The lowest BCUT2D eigenvalue weighted by molar-refractivity contribution is -0.00861. The van der Waals surface area contributed by atoms with Gasteiger partial charge in [0, 0.05) is 43.0 Å². The Morgan fingerprint density at radius 2 is 2.12 bits per heavy atom. The summed E-state index contributed by atoms with van der Waals surface area (Å²) >= 11 is 6.09. The van der Waals surface area contributed by atoms with E-state index in [0.29, 0.717) is 41.9 Å². The normalized spacial score (nSPS) is 16.8. The average Bonchev–Trinajstić information content (AvgIpc) is 2.63. The number of pyridine rings is 2. The Hall–Kier alpha value is -1.76. The number of rotatable bonds is 5. The molecular formula is C17H19ClFN3O2. The van der Waals surface area contributed by atoms with Crippen molar-refractivity contribution in [3.63, 3.8) is 0 Å². The highest BCUT2D eigenvalue weighted by atomic mass is 35.5. The number of aliphatic hydroxyl groups excluding tert-OH is 1. The second-order valence-electron chi connectivity index (χ2n) is 6.02. The summed E-state index contributed by atoms with van der Waals surface area (Å²) in [6, 6.07) is 6.69. The van der Waals surface area contributed by atoms with Gasteiger partial charge in [0.1, 0.15) is 5.82 Å². The van der Waals surface area contributed by atoms with E-state index in [9.17, 15) is 9.50 Å². The van der Waals surface area contributed by atoms with Crippen molar-refractivity contribution in [2.75, 3.05) is 31.7 Å². The minimum Gasteiger partial charge on any atom is -0.396 e. The van der Waals surface area contributed by atoms with Gasteiger partial charge in [-0.15, -0.1) is 0 Å². The Morgan fingerprint density at radius 1 is 1.33 bits per heavy atom. The number of aliphatic hydroxyl groups is 1. The number of hydrogen-bond acceptors (Lipinski definition) is 5. The molecule has 7 heteroatoms. The topological polar surface area (TPSA) is 67.3 Å². The van der Waals surface area contributed by atoms with E-state index < -0.39 is 5.95 Å². The fourth-order valence-corrected chi connectivity index (χ4v) is 2.97. The van der Waals surface area contributed by atoms with Gasteiger partial charge in [-0.25, -0.2) is 9.97 Å². The molecule has 128 valence electrons. The minimum absolute atomic E-state index is 0.102. The van der Waals surface area contributed by atoms with Crippen LogP contribution in [0.3, 0.4) is 0 Å². The number of hydrogen-bond donors (Lipinski definition) is 2. The second-order valence-corrected chi connectivity index (χ2v) is 6.43. The minimum atomic E-state index is -0.601. The van der Waals surface area contributed by atoms with Crippen molar-refractivity contribution in [1.82, 2.24) is 9.97 Å². The van der Waals surface area contributed by atoms with Crippen molar-refractivity contribution in [3.8, 4) is 11.3 Å². The van der Waals surface area contributed by atoms with E-state index in [1.165, 1.54) is 12.3 Å². The van der Waals surface area contributed by atoms with Crippen LogP contribution in [0.5, 0.6) is 0 Å². The quantitative estimate of drug-likeness (QED) is 0.810. The van der Waals surface area contributed by atoms with Crippen molar-refractivity contribution in [2.45, 2.75) is 12.8 Å². The Morgan fingerprint density at radius 3 is 2.88 bits per heavy atom. The molecule has 0 radical (unpaired) electrons. The Balaban J connectivity index is 1.77. The molecule has 0 unspecified atom stereocenters. The van der Waals surface area contributed by atoms with Gasteiger partial charge in [0.05, 0.1) is 17.3 Å². The van der Waals surface area contributed by atoms with Gasteiger partial charge in [-0.1, -0.05) is 17.7 Å². The molecule has 1 saturated heterocycles. The summed E-state index contributed by atoms with van der Waals surface area (Å²) < 4.78 is 18.7. The molecule has 1 aliphatic heterocycles. The van der Waals surface area contributed by atoms with E-state index in [1.807, 2.05) is 12.1 Å². The first kappa shape index (κ1) is 17.1. The third-order valence-electron chi connectivity index (χ3n) is 4.38. The number of anilines is 1. The maximum absolute atomic E-state index is 13.4. The molecule has 0 saturated carbocycles. The SMILES string of the molecule is OCC1(CNc2cccc(-c3cc(F)ncc3Cl)n2)CCOCC1. The monoisotopic (exact) mass is 351 g/mol. The zero-order chi connectivity index (χ0) is 17.0. The molecule has 0 amide bonds. The number of ether oxygens (including phenoxy) is 1. The van der Waals surface area contributed by atoms with E-state index in [4.69, 9.17) is 16.3 Å². The number of nitrogens with one attached hydrogen (secondary N) is 1. The van der Waals surface area contributed by atoms with Gasteiger partial charge in [0.2, 0.25) is 5.95 Å². The summed E-state index contributed by atoms with van der Waals surface area (Å²) in [5.41, 5.74) is 0.864. The second kappa shape index (κ2) is 7.42. The molecule has 24 heavy (non-hydrogen) atoms. The van der Waals surface area contributed by atoms with Crippen LogP contribution < -0.4 is 5.32 Å². The molecular weight excluding hydrogens is 333 g/mol.